The van der Waals surface area contributed by atoms with Crippen molar-refractivity contribution >= 4 is 0 Å². The van der Waals surface area contributed by atoms with Crippen molar-refractivity contribution in [2.75, 3.05) is 7.05 Å². The van der Waals surface area contributed by atoms with E-state index < -0.39 is 0 Å². The van der Waals surface area contributed by atoms with Crippen molar-refractivity contribution in [1.82, 2.24) is 4.90 Å². The fraction of sp³-hybridized carbons (Fsp3) is 0.333. The third-order valence-corrected chi connectivity index (χ3v) is 5.04. The van der Waals surface area contributed by atoms with Crippen molar-refractivity contribution in [1.29, 1.82) is 0 Å². The van der Waals surface area contributed by atoms with Gasteiger partial charge in [-0.3, -0.25) is 4.90 Å². The molecule has 0 saturated carbocycles. The Balaban J connectivity index is 1.93. The number of aryl methyl sites for hydroxylation is 1. The number of aromatic hydroxyl groups is 2. The van der Waals surface area contributed by atoms with Gasteiger partial charge >= 0.3 is 0 Å². The van der Waals surface area contributed by atoms with Gasteiger partial charge in [0.2, 0.25) is 0 Å². The van der Waals surface area contributed by atoms with Crippen LogP contribution in [0.25, 0.3) is 0 Å². The lowest BCUT2D eigenvalue weighted by molar-refractivity contribution is 0.178. The average molecular weight is 281 g/mol. The monoisotopic (exact) mass is 281 g/mol. The van der Waals surface area contributed by atoms with Crippen molar-refractivity contribution in [2.24, 2.45) is 0 Å². The summed E-state index contributed by atoms with van der Waals surface area (Å²) in [6, 6.07) is 12.5. The smallest absolute Gasteiger partial charge is 0.157 e. The molecule has 0 bridgehead atoms. The molecule has 3 heteroatoms. The van der Waals surface area contributed by atoms with E-state index in [1.807, 2.05) is 0 Å². The van der Waals surface area contributed by atoms with Gasteiger partial charge in [0.05, 0.1) is 0 Å². The van der Waals surface area contributed by atoms with Crippen LogP contribution in [0.4, 0.5) is 0 Å². The first-order valence-electron chi connectivity index (χ1n) is 7.48. The van der Waals surface area contributed by atoms with Gasteiger partial charge in [0.1, 0.15) is 0 Å². The van der Waals surface area contributed by atoms with E-state index in [1.54, 1.807) is 12.1 Å². The molecular weight excluding hydrogens is 262 g/mol. The predicted molar refractivity (Wildman–Crippen MR) is 81.6 cm³/mol. The van der Waals surface area contributed by atoms with Crippen LogP contribution < -0.4 is 0 Å². The topological polar surface area (TPSA) is 43.7 Å². The maximum Gasteiger partial charge on any atom is 0.157 e. The molecule has 2 aromatic carbocycles. The van der Waals surface area contributed by atoms with Gasteiger partial charge in [-0.15, -0.1) is 0 Å². The van der Waals surface area contributed by atoms with Crippen LogP contribution in [-0.4, -0.2) is 28.2 Å². The highest BCUT2D eigenvalue weighted by Gasteiger charge is 2.38. The Labute approximate surface area is 124 Å². The molecule has 2 N–H and O–H groups in total. The van der Waals surface area contributed by atoms with E-state index in [2.05, 4.69) is 36.2 Å². The first-order valence-corrected chi connectivity index (χ1v) is 7.48. The number of phenols is 2. The van der Waals surface area contributed by atoms with E-state index >= 15 is 0 Å². The molecule has 0 radical (unpaired) electrons. The first kappa shape index (κ1) is 12.7. The minimum atomic E-state index is -0.0138. The molecule has 2 aliphatic rings. The molecule has 0 aromatic heterocycles. The zero-order valence-corrected chi connectivity index (χ0v) is 12.1. The third kappa shape index (κ3) is 1.84. The molecule has 2 atom stereocenters. The number of phenolic OH excluding ortho intramolecular Hbond substituents is 2. The summed E-state index contributed by atoms with van der Waals surface area (Å²) in [4.78, 5) is 2.42. The molecular formula is C18H19NO2. The zero-order chi connectivity index (χ0) is 14.6. The lowest BCUT2D eigenvalue weighted by atomic mass is 9.71. The molecule has 21 heavy (non-hydrogen) atoms. The average Bonchev–Trinajstić information content (AvgIpc) is 2.48. The maximum atomic E-state index is 9.92. The van der Waals surface area contributed by atoms with Gasteiger partial charge in [0.15, 0.2) is 11.5 Å². The molecule has 0 amide bonds. The summed E-state index contributed by atoms with van der Waals surface area (Å²) in [5.74, 6) is 0.264. The van der Waals surface area contributed by atoms with Crippen LogP contribution >= 0.6 is 0 Å². The van der Waals surface area contributed by atoms with E-state index in [-0.39, 0.29) is 17.4 Å². The molecule has 0 spiro atoms. The van der Waals surface area contributed by atoms with Crippen LogP contribution in [0, 0.1) is 0 Å². The van der Waals surface area contributed by atoms with Crippen molar-refractivity contribution in [2.45, 2.75) is 31.3 Å². The molecule has 0 saturated heterocycles. The molecule has 3 nitrogen and oxygen atoms in total. The molecule has 108 valence electrons. The van der Waals surface area contributed by atoms with E-state index in [1.165, 1.54) is 16.7 Å². The number of likely N-dealkylation sites (N-methyl/N-ethyl adjacent to an activating group) is 1. The summed E-state index contributed by atoms with van der Waals surface area (Å²) in [5.41, 5.74) is 5.06. The zero-order valence-electron chi connectivity index (χ0n) is 12.1. The van der Waals surface area contributed by atoms with Gasteiger partial charge in [0, 0.05) is 18.5 Å². The molecule has 1 aliphatic carbocycles. The molecule has 0 fully saturated rings. The van der Waals surface area contributed by atoms with Crippen LogP contribution in [0.1, 0.15) is 34.6 Å². The van der Waals surface area contributed by atoms with Crippen molar-refractivity contribution in [3.05, 3.63) is 58.7 Å². The van der Waals surface area contributed by atoms with Gasteiger partial charge in [-0.05, 0) is 54.3 Å². The lowest BCUT2D eigenvalue weighted by Gasteiger charge is -2.44. The Kier molecular flexibility index (Phi) is 2.73. The Bertz CT molecular complexity index is 710. The molecule has 1 unspecified atom stereocenters. The Morgan fingerprint density at radius 3 is 2.62 bits per heavy atom. The largest absolute Gasteiger partial charge is 0.504 e. The molecule has 1 heterocycles. The Hall–Kier alpha value is -2.00. The van der Waals surface area contributed by atoms with Crippen LogP contribution in [0.15, 0.2) is 36.4 Å². The number of nitrogens with zero attached hydrogens (tertiary/aromatic N) is 1. The van der Waals surface area contributed by atoms with E-state index in [4.69, 9.17) is 0 Å². The minimum absolute atomic E-state index is 0.00958. The van der Waals surface area contributed by atoms with Gasteiger partial charge in [-0.1, -0.05) is 24.3 Å². The number of hydrogen-bond acceptors (Lipinski definition) is 3. The molecule has 1 aliphatic heterocycles. The van der Waals surface area contributed by atoms with E-state index in [9.17, 15) is 10.2 Å². The van der Waals surface area contributed by atoms with Crippen LogP contribution in [0.5, 0.6) is 11.5 Å². The third-order valence-electron chi connectivity index (χ3n) is 5.04. The highest BCUT2D eigenvalue weighted by Crippen LogP contribution is 2.46. The van der Waals surface area contributed by atoms with E-state index in [0.717, 1.165) is 24.9 Å². The number of hydrogen-bond donors (Lipinski definition) is 2. The van der Waals surface area contributed by atoms with Gasteiger partial charge in [-0.25, -0.2) is 0 Å². The van der Waals surface area contributed by atoms with Crippen molar-refractivity contribution in [3.8, 4) is 11.5 Å². The fourth-order valence-corrected chi connectivity index (χ4v) is 4.04. The number of benzene rings is 2. The van der Waals surface area contributed by atoms with Crippen LogP contribution in [-0.2, 0) is 13.0 Å². The highest BCUT2D eigenvalue weighted by molar-refractivity contribution is 5.53. The maximum absolute atomic E-state index is 9.92. The van der Waals surface area contributed by atoms with Crippen molar-refractivity contribution in [3.63, 3.8) is 0 Å². The quantitative estimate of drug-likeness (QED) is 0.730. The SMILES string of the molecule is CN1Cc2ccccc2C2c3cc(O)c(O)cc3CC[C@@H]21. The summed E-state index contributed by atoms with van der Waals surface area (Å²) >= 11 is 0. The summed E-state index contributed by atoms with van der Waals surface area (Å²) in [6.07, 6.45) is 2.05. The van der Waals surface area contributed by atoms with E-state index in [0.29, 0.717) is 6.04 Å². The summed E-state index contributed by atoms with van der Waals surface area (Å²) in [5, 5.41) is 19.7. The highest BCUT2D eigenvalue weighted by atomic mass is 16.3. The van der Waals surface area contributed by atoms with Gasteiger partial charge in [-0.2, -0.15) is 0 Å². The Morgan fingerprint density at radius 1 is 1.00 bits per heavy atom. The van der Waals surface area contributed by atoms with Gasteiger partial charge < -0.3 is 10.2 Å². The first-order chi connectivity index (χ1) is 10.1. The Morgan fingerprint density at radius 2 is 1.76 bits per heavy atom. The normalized spacial score (nSPS) is 24.0. The fourth-order valence-electron chi connectivity index (χ4n) is 4.04. The number of fused-ring (bicyclic) bond motifs is 5. The van der Waals surface area contributed by atoms with Crippen molar-refractivity contribution < 1.29 is 10.2 Å². The van der Waals surface area contributed by atoms with Crippen LogP contribution in [0.2, 0.25) is 0 Å². The van der Waals surface area contributed by atoms with Gasteiger partial charge in [0.25, 0.3) is 0 Å². The lowest BCUT2D eigenvalue weighted by Crippen LogP contribution is -2.43. The second-order valence-corrected chi connectivity index (χ2v) is 6.24. The minimum Gasteiger partial charge on any atom is -0.504 e. The second-order valence-electron chi connectivity index (χ2n) is 6.24. The second kappa shape index (κ2) is 4.50. The molecule has 4 rings (SSSR count). The summed E-state index contributed by atoms with van der Waals surface area (Å²) in [7, 11) is 2.18. The summed E-state index contributed by atoms with van der Waals surface area (Å²) < 4.78 is 0. The number of rotatable bonds is 0. The molecule has 2 aromatic rings. The standard InChI is InChI=1S/C18H19NO2/c1-19-10-12-4-2-3-5-13(12)18-14-9-17(21)16(20)8-11(14)6-7-15(18)19/h2-5,8-9,15,18,20-21H,6-7,10H2,1H3/t15-,18?/m0/s1. The predicted octanol–water partition coefficient (Wildman–Crippen LogP) is 2.99. The summed E-state index contributed by atoms with van der Waals surface area (Å²) in [6.45, 7) is 0.983. The van der Waals surface area contributed by atoms with Crippen LogP contribution in [0.3, 0.4) is 0 Å².